The van der Waals surface area contributed by atoms with E-state index in [0.29, 0.717) is 17.9 Å². The van der Waals surface area contributed by atoms with Crippen LogP contribution in [-0.2, 0) is 4.74 Å². The molecular formula is C12H23NO. The smallest absolute Gasteiger partial charge is 0.186 e. The van der Waals surface area contributed by atoms with E-state index in [1.807, 2.05) is 0 Å². The van der Waals surface area contributed by atoms with E-state index >= 15 is 0 Å². The fourth-order valence-corrected chi connectivity index (χ4v) is 1.37. The van der Waals surface area contributed by atoms with Gasteiger partial charge in [0, 0.05) is 5.92 Å². The number of nitrogens with zero attached hydrogens (tertiary/aromatic N) is 1. The topological polar surface area (TPSA) is 21.6 Å². The lowest BCUT2D eigenvalue weighted by Gasteiger charge is -2.22. The molecule has 0 aromatic carbocycles. The van der Waals surface area contributed by atoms with Gasteiger partial charge in [0.05, 0.1) is 6.04 Å². The van der Waals surface area contributed by atoms with Crippen LogP contribution < -0.4 is 0 Å². The highest BCUT2D eigenvalue weighted by atomic mass is 16.5. The summed E-state index contributed by atoms with van der Waals surface area (Å²) in [6, 6.07) is 0.332. The summed E-state index contributed by atoms with van der Waals surface area (Å²) in [4.78, 5) is 4.67. The van der Waals surface area contributed by atoms with Crippen molar-refractivity contribution in [3.63, 3.8) is 0 Å². The molecule has 0 bridgehead atoms. The van der Waals surface area contributed by atoms with Crippen LogP contribution in [0.1, 0.15) is 41.5 Å². The summed E-state index contributed by atoms with van der Waals surface area (Å²) in [7, 11) is 0. The number of ether oxygens (including phenoxy) is 1. The fraction of sp³-hybridized carbons (Fsp3) is 0.917. The standard InChI is InChI=1S/C12H23NO/c1-8(2)9(3)11-13-10(7-14-11)12(4,5)6/h8-10H,7H2,1-6H3/t9?,10-/m1/s1. The van der Waals surface area contributed by atoms with Crippen molar-refractivity contribution in [2.75, 3.05) is 6.61 Å². The van der Waals surface area contributed by atoms with Crippen molar-refractivity contribution in [1.29, 1.82) is 0 Å². The molecule has 1 aliphatic heterocycles. The third kappa shape index (κ3) is 2.49. The molecule has 0 amide bonds. The molecule has 0 aromatic heterocycles. The van der Waals surface area contributed by atoms with Gasteiger partial charge in [-0.2, -0.15) is 0 Å². The van der Waals surface area contributed by atoms with Gasteiger partial charge in [-0.25, -0.2) is 4.99 Å². The van der Waals surface area contributed by atoms with Gasteiger partial charge in [0.15, 0.2) is 5.90 Å². The van der Waals surface area contributed by atoms with Crippen LogP contribution >= 0.6 is 0 Å². The van der Waals surface area contributed by atoms with Crippen LogP contribution in [-0.4, -0.2) is 18.5 Å². The summed E-state index contributed by atoms with van der Waals surface area (Å²) >= 11 is 0. The Morgan fingerprint density at radius 3 is 2.21 bits per heavy atom. The van der Waals surface area contributed by atoms with Crippen molar-refractivity contribution in [3.8, 4) is 0 Å². The Morgan fingerprint density at radius 1 is 1.29 bits per heavy atom. The van der Waals surface area contributed by atoms with Crippen molar-refractivity contribution < 1.29 is 4.74 Å². The molecule has 1 heterocycles. The molecule has 0 N–H and O–H groups in total. The molecular weight excluding hydrogens is 174 g/mol. The van der Waals surface area contributed by atoms with E-state index in [4.69, 9.17) is 4.74 Å². The molecule has 2 atom stereocenters. The first-order valence-electron chi connectivity index (χ1n) is 5.53. The van der Waals surface area contributed by atoms with Crippen molar-refractivity contribution in [3.05, 3.63) is 0 Å². The van der Waals surface area contributed by atoms with Gasteiger partial charge in [0.2, 0.25) is 0 Å². The van der Waals surface area contributed by atoms with Crippen molar-refractivity contribution in [1.82, 2.24) is 0 Å². The molecule has 0 saturated carbocycles. The minimum absolute atomic E-state index is 0.221. The van der Waals surface area contributed by atoms with Crippen LogP contribution in [0.5, 0.6) is 0 Å². The van der Waals surface area contributed by atoms with Crippen LogP contribution in [0.3, 0.4) is 0 Å². The highest BCUT2D eigenvalue weighted by Gasteiger charge is 2.32. The fourth-order valence-electron chi connectivity index (χ4n) is 1.37. The maximum atomic E-state index is 5.67. The van der Waals surface area contributed by atoms with Crippen molar-refractivity contribution in [2.24, 2.45) is 22.2 Å². The number of hydrogen-bond donors (Lipinski definition) is 0. The third-order valence-corrected chi connectivity index (χ3v) is 3.06. The summed E-state index contributed by atoms with van der Waals surface area (Å²) in [5, 5.41) is 0. The van der Waals surface area contributed by atoms with E-state index in [2.05, 4.69) is 46.5 Å². The van der Waals surface area contributed by atoms with Gasteiger partial charge < -0.3 is 4.74 Å². The van der Waals surface area contributed by atoms with Crippen LogP contribution in [0.2, 0.25) is 0 Å². The highest BCUT2D eigenvalue weighted by molar-refractivity contribution is 5.80. The van der Waals surface area contributed by atoms with Gasteiger partial charge in [-0.3, -0.25) is 0 Å². The molecule has 0 radical (unpaired) electrons. The molecule has 14 heavy (non-hydrogen) atoms. The molecule has 0 aromatic rings. The molecule has 0 saturated heterocycles. The quantitative estimate of drug-likeness (QED) is 0.666. The summed E-state index contributed by atoms with van der Waals surface area (Å²) < 4.78 is 5.67. The third-order valence-electron chi connectivity index (χ3n) is 3.06. The summed E-state index contributed by atoms with van der Waals surface area (Å²) in [6.07, 6.45) is 0. The summed E-state index contributed by atoms with van der Waals surface area (Å²) in [6.45, 7) is 14.0. The summed E-state index contributed by atoms with van der Waals surface area (Å²) in [5.74, 6) is 2.01. The molecule has 82 valence electrons. The Morgan fingerprint density at radius 2 is 1.86 bits per heavy atom. The minimum atomic E-state index is 0.221. The lowest BCUT2D eigenvalue weighted by atomic mass is 9.88. The first-order valence-corrected chi connectivity index (χ1v) is 5.53. The molecule has 1 rings (SSSR count). The Bertz CT molecular complexity index is 225. The Balaban J connectivity index is 2.68. The molecule has 1 unspecified atom stereocenters. The largest absolute Gasteiger partial charge is 0.478 e. The molecule has 0 aliphatic carbocycles. The molecule has 2 heteroatoms. The number of rotatable bonds is 2. The van der Waals surface area contributed by atoms with Crippen molar-refractivity contribution >= 4 is 5.90 Å². The Hall–Kier alpha value is -0.530. The van der Waals surface area contributed by atoms with E-state index < -0.39 is 0 Å². The second-order valence-electron chi connectivity index (χ2n) is 5.69. The van der Waals surface area contributed by atoms with Crippen LogP contribution in [0.4, 0.5) is 0 Å². The van der Waals surface area contributed by atoms with Gasteiger partial charge in [-0.15, -0.1) is 0 Å². The van der Waals surface area contributed by atoms with Crippen LogP contribution in [0.25, 0.3) is 0 Å². The average Bonchev–Trinajstić information content (AvgIpc) is 2.49. The zero-order valence-corrected chi connectivity index (χ0v) is 10.3. The predicted molar refractivity (Wildman–Crippen MR) is 60.6 cm³/mol. The van der Waals surface area contributed by atoms with Crippen molar-refractivity contribution in [2.45, 2.75) is 47.6 Å². The normalized spacial score (nSPS) is 24.8. The van der Waals surface area contributed by atoms with E-state index in [-0.39, 0.29) is 5.41 Å². The predicted octanol–water partition coefficient (Wildman–Crippen LogP) is 3.12. The maximum Gasteiger partial charge on any atom is 0.186 e. The average molecular weight is 197 g/mol. The second kappa shape index (κ2) is 3.92. The molecule has 0 fully saturated rings. The Kier molecular flexibility index (Phi) is 3.23. The monoisotopic (exact) mass is 197 g/mol. The molecule has 0 spiro atoms. The highest BCUT2D eigenvalue weighted by Crippen LogP contribution is 2.28. The van der Waals surface area contributed by atoms with E-state index in [0.717, 1.165) is 12.5 Å². The summed E-state index contributed by atoms with van der Waals surface area (Å²) in [5.41, 5.74) is 0.221. The SMILES string of the molecule is CC(C)C(C)C1=N[C@@H](C(C)(C)C)CO1. The van der Waals surface area contributed by atoms with Crippen LogP contribution in [0, 0.1) is 17.3 Å². The Labute approximate surface area is 87.8 Å². The molecule has 2 nitrogen and oxygen atoms in total. The van der Waals surface area contributed by atoms with Crippen LogP contribution in [0.15, 0.2) is 4.99 Å². The van der Waals surface area contributed by atoms with Gasteiger partial charge in [0.1, 0.15) is 6.61 Å². The molecule has 1 aliphatic rings. The first kappa shape index (κ1) is 11.5. The first-order chi connectivity index (χ1) is 6.32. The zero-order chi connectivity index (χ0) is 10.9. The lowest BCUT2D eigenvalue weighted by Crippen LogP contribution is -2.25. The van der Waals surface area contributed by atoms with Gasteiger partial charge in [-0.05, 0) is 11.3 Å². The minimum Gasteiger partial charge on any atom is -0.478 e. The maximum absolute atomic E-state index is 5.67. The second-order valence-corrected chi connectivity index (χ2v) is 5.69. The van der Waals surface area contributed by atoms with E-state index in [9.17, 15) is 0 Å². The van der Waals surface area contributed by atoms with E-state index in [1.165, 1.54) is 0 Å². The van der Waals surface area contributed by atoms with Gasteiger partial charge in [0.25, 0.3) is 0 Å². The van der Waals surface area contributed by atoms with E-state index in [1.54, 1.807) is 0 Å². The number of aliphatic imine (C=N–C) groups is 1. The zero-order valence-electron chi connectivity index (χ0n) is 10.3. The lowest BCUT2D eigenvalue weighted by molar-refractivity contribution is 0.226. The van der Waals surface area contributed by atoms with Gasteiger partial charge >= 0.3 is 0 Å². The van der Waals surface area contributed by atoms with Gasteiger partial charge in [-0.1, -0.05) is 41.5 Å². The number of hydrogen-bond acceptors (Lipinski definition) is 2.